The molecule has 42 heavy (non-hydrogen) atoms. The molecule has 2 aromatic carbocycles. The Bertz CT molecular complexity index is 1900. The molecule has 12 nitrogen and oxygen atoms in total. The van der Waals surface area contributed by atoms with Crippen molar-refractivity contribution in [1.82, 2.24) is 40.3 Å². The van der Waals surface area contributed by atoms with E-state index < -0.39 is 0 Å². The van der Waals surface area contributed by atoms with Gasteiger partial charge in [-0.2, -0.15) is 10.2 Å². The number of aromatic nitrogens is 4. The number of benzene rings is 2. The fourth-order valence-corrected chi connectivity index (χ4v) is 5.04. The van der Waals surface area contributed by atoms with Crippen LogP contribution in [0.3, 0.4) is 0 Å². The minimum atomic E-state index is 0.622. The fourth-order valence-electron chi connectivity index (χ4n) is 4.79. The average molecular weight is 599 g/mol. The highest BCUT2D eigenvalue weighted by molar-refractivity contribution is 6.31. The highest BCUT2D eigenvalue weighted by Crippen LogP contribution is 2.29. The second-order valence-corrected chi connectivity index (χ2v) is 10.3. The molecule has 0 bridgehead atoms. The summed E-state index contributed by atoms with van der Waals surface area (Å²) in [6, 6.07) is 17.0. The zero-order valence-electron chi connectivity index (χ0n) is 22.1. The average Bonchev–Trinajstić information content (AvgIpc) is 3.81. The molecule has 0 amide bonds. The Balaban J connectivity index is 1.42. The van der Waals surface area contributed by atoms with Crippen molar-refractivity contribution in [2.75, 3.05) is 26.2 Å². The molecule has 0 radical (unpaired) electrons. The maximum absolute atomic E-state index is 6.20. The van der Waals surface area contributed by atoms with Gasteiger partial charge in [-0.05, 0) is 30.3 Å². The standard InChI is InChI=1S/C28H24Cl2N12/c29-19-5-1-17(2-6-19)24-21(15-35-39-26-31-10-11-32-26)41-14-9-23-37-25(18-3-7-20(30)8-4-18)22(42(23)28(41)38-24)16-36-40-27-33-12-13-34-27/h1-9,14-16H,10-13H2,(H2,31,32,39)(H2,33,34,40)/b35-15+,36-16+. The second kappa shape index (κ2) is 11.1. The predicted molar refractivity (Wildman–Crippen MR) is 167 cm³/mol. The Morgan fingerprint density at radius 2 is 1.26 bits per heavy atom. The predicted octanol–water partition coefficient (Wildman–Crippen LogP) is 3.39. The molecule has 5 heterocycles. The van der Waals surface area contributed by atoms with Crippen molar-refractivity contribution in [2.45, 2.75) is 0 Å². The zero-order valence-corrected chi connectivity index (χ0v) is 23.6. The molecule has 0 saturated heterocycles. The van der Waals surface area contributed by atoms with E-state index in [9.17, 15) is 0 Å². The Labute approximate surface area is 249 Å². The first-order valence-electron chi connectivity index (χ1n) is 13.2. The van der Waals surface area contributed by atoms with Crippen molar-refractivity contribution >= 4 is 59.0 Å². The van der Waals surface area contributed by atoms with Gasteiger partial charge in [-0.1, -0.05) is 47.5 Å². The lowest BCUT2D eigenvalue weighted by Gasteiger charge is -2.04. The highest BCUT2D eigenvalue weighted by atomic mass is 35.5. The summed E-state index contributed by atoms with van der Waals surface area (Å²) in [5.41, 5.74) is 11.4. The largest absolute Gasteiger partial charge is 0.353 e. The number of nitrogens with one attached hydrogen (secondary N) is 4. The van der Waals surface area contributed by atoms with E-state index in [1.807, 2.05) is 69.6 Å². The molecule has 5 aromatic rings. The number of guanidine groups is 2. The van der Waals surface area contributed by atoms with Crippen molar-refractivity contribution in [3.63, 3.8) is 0 Å². The molecule has 4 N–H and O–H groups in total. The van der Waals surface area contributed by atoms with Crippen LogP contribution in [0.2, 0.25) is 10.0 Å². The number of rotatable bonds is 6. The molecule has 2 aliphatic heterocycles. The number of hydrogen-bond acceptors (Lipinski definition) is 10. The van der Waals surface area contributed by atoms with Crippen LogP contribution in [-0.4, -0.2) is 69.3 Å². The maximum Gasteiger partial charge on any atom is 0.221 e. The third-order valence-electron chi connectivity index (χ3n) is 6.74. The number of hydrazone groups is 2. The van der Waals surface area contributed by atoms with Gasteiger partial charge in [0.1, 0.15) is 11.3 Å². The first kappa shape index (κ1) is 26.0. The molecular weight excluding hydrogens is 575 g/mol. The van der Waals surface area contributed by atoms with E-state index in [0.717, 1.165) is 47.0 Å². The molecule has 0 saturated carbocycles. The summed E-state index contributed by atoms with van der Waals surface area (Å²) >= 11 is 12.4. The molecule has 7 rings (SSSR count). The van der Waals surface area contributed by atoms with Gasteiger partial charge in [0.05, 0.1) is 42.6 Å². The summed E-state index contributed by atoms with van der Waals surface area (Å²) in [5, 5.41) is 16.5. The number of nitrogens with zero attached hydrogens (tertiary/aromatic N) is 8. The summed E-state index contributed by atoms with van der Waals surface area (Å²) < 4.78 is 3.93. The van der Waals surface area contributed by atoms with Gasteiger partial charge in [0.25, 0.3) is 0 Å². The van der Waals surface area contributed by atoms with E-state index in [2.05, 4.69) is 41.7 Å². The first-order chi connectivity index (χ1) is 20.6. The fraction of sp³-hybridized carbons (Fsp3) is 0.143. The van der Waals surface area contributed by atoms with E-state index in [4.69, 9.17) is 33.2 Å². The van der Waals surface area contributed by atoms with Gasteiger partial charge in [-0.25, -0.2) is 30.8 Å². The van der Waals surface area contributed by atoms with Crippen molar-refractivity contribution in [2.24, 2.45) is 20.2 Å². The van der Waals surface area contributed by atoms with Gasteiger partial charge in [0.2, 0.25) is 17.7 Å². The molecular formula is C28H24Cl2N12. The van der Waals surface area contributed by atoms with Crippen LogP contribution < -0.4 is 21.5 Å². The van der Waals surface area contributed by atoms with Gasteiger partial charge in [-0.3, -0.25) is 8.80 Å². The van der Waals surface area contributed by atoms with Gasteiger partial charge in [0, 0.05) is 40.5 Å². The molecule has 0 unspecified atom stereocenters. The molecule has 0 spiro atoms. The Morgan fingerprint density at radius 1 is 0.714 bits per heavy atom. The van der Waals surface area contributed by atoms with Crippen LogP contribution in [0, 0.1) is 0 Å². The molecule has 0 atom stereocenters. The molecule has 2 aliphatic rings. The van der Waals surface area contributed by atoms with E-state index in [1.54, 1.807) is 12.4 Å². The van der Waals surface area contributed by atoms with Gasteiger partial charge in [-0.15, -0.1) is 0 Å². The smallest absolute Gasteiger partial charge is 0.221 e. The van der Waals surface area contributed by atoms with Crippen LogP contribution in [-0.2, 0) is 0 Å². The SMILES string of the molecule is Clc1ccc(-c2nc3n(ccc4nc(-c5ccc(Cl)cc5)c(/C=N/NC5=NCCN5)n43)c2/C=N/NC2=NCCN2)cc1. The van der Waals surface area contributed by atoms with Crippen molar-refractivity contribution < 1.29 is 0 Å². The van der Waals surface area contributed by atoms with Gasteiger partial charge < -0.3 is 10.6 Å². The Kier molecular flexibility index (Phi) is 6.90. The summed E-state index contributed by atoms with van der Waals surface area (Å²) in [6.45, 7) is 2.96. The number of imidazole rings is 2. The normalized spacial score (nSPS) is 15.0. The third kappa shape index (κ3) is 5.01. The van der Waals surface area contributed by atoms with E-state index >= 15 is 0 Å². The number of hydrogen-bond donors (Lipinski definition) is 4. The minimum absolute atomic E-state index is 0.622. The molecule has 0 fully saturated rings. The number of aliphatic imine (C=N–C) groups is 2. The zero-order chi connectivity index (χ0) is 28.5. The maximum atomic E-state index is 6.20. The van der Waals surface area contributed by atoms with Crippen molar-refractivity contribution in [3.8, 4) is 22.5 Å². The Morgan fingerprint density at radius 3 is 1.81 bits per heavy atom. The molecule has 210 valence electrons. The van der Waals surface area contributed by atoms with Gasteiger partial charge >= 0.3 is 0 Å². The summed E-state index contributed by atoms with van der Waals surface area (Å²) in [4.78, 5) is 18.8. The van der Waals surface area contributed by atoms with Crippen LogP contribution in [0.1, 0.15) is 11.4 Å². The van der Waals surface area contributed by atoms with E-state index in [1.165, 1.54) is 0 Å². The number of halogens is 2. The molecule has 3 aromatic heterocycles. The lowest BCUT2D eigenvalue weighted by atomic mass is 10.1. The Hall–Kier alpha value is -4.94. The molecule has 14 heteroatoms. The van der Waals surface area contributed by atoms with E-state index in [0.29, 0.717) is 46.5 Å². The van der Waals surface area contributed by atoms with Crippen LogP contribution in [0.25, 0.3) is 33.9 Å². The van der Waals surface area contributed by atoms with Crippen LogP contribution in [0.4, 0.5) is 0 Å². The summed E-state index contributed by atoms with van der Waals surface area (Å²) in [5.74, 6) is 1.88. The number of fused-ring (bicyclic) bond motifs is 3. The quantitative estimate of drug-likeness (QED) is 0.175. The third-order valence-corrected chi connectivity index (χ3v) is 7.24. The van der Waals surface area contributed by atoms with E-state index in [-0.39, 0.29) is 0 Å². The summed E-state index contributed by atoms with van der Waals surface area (Å²) in [6.07, 6.45) is 5.38. The highest BCUT2D eigenvalue weighted by Gasteiger charge is 2.20. The monoisotopic (exact) mass is 598 g/mol. The first-order valence-corrected chi connectivity index (χ1v) is 14.0. The summed E-state index contributed by atoms with van der Waals surface area (Å²) in [7, 11) is 0. The topological polar surface area (TPSA) is 132 Å². The lowest BCUT2D eigenvalue weighted by molar-refractivity contribution is 0.918. The van der Waals surface area contributed by atoms with Gasteiger partial charge in [0.15, 0.2) is 0 Å². The van der Waals surface area contributed by atoms with Crippen LogP contribution in [0.5, 0.6) is 0 Å². The minimum Gasteiger partial charge on any atom is -0.353 e. The van der Waals surface area contributed by atoms with Crippen LogP contribution >= 0.6 is 23.2 Å². The van der Waals surface area contributed by atoms with Crippen molar-refractivity contribution in [1.29, 1.82) is 0 Å². The second-order valence-electron chi connectivity index (χ2n) is 9.44. The van der Waals surface area contributed by atoms with Crippen molar-refractivity contribution in [3.05, 3.63) is 82.2 Å². The van der Waals surface area contributed by atoms with Crippen LogP contribution in [0.15, 0.2) is 81.0 Å². The lowest BCUT2D eigenvalue weighted by Crippen LogP contribution is -2.30. The molecule has 0 aliphatic carbocycles.